The summed E-state index contributed by atoms with van der Waals surface area (Å²) in [6, 6.07) is 10.9. The van der Waals surface area contributed by atoms with Crippen LogP contribution in [0.1, 0.15) is 16.2 Å². The van der Waals surface area contributed by atoms with Gasteiger partial charge < -0.3 is 4.90 Å². The van der Waals surface area contributed by atoms with Gasteiger partial charge in [0, 0.05) is 37.8 Å². The fourth-order valence-corrected chi connectivity index (χ4v) is 3.36. The maximum Gasteiger partial charge on any atom is 0.433 e. The molecule has 9 heteroatoms. The second-order valence-electron chi connectivity index (χ2n) is 7.19. The minimum absolute atomic E-state index is 0.000376. The number of halogens is 3. The van der Waals surface area contributed by atoms with Gasteiger partial charge in [-0.2, -0.15) is 18.3 Å². The third kappa shape index (κ3) is 4.15. The van der Waals surface area contributed by atoms with Gasteiger partial charge in [0.15, 0.2) is 17.1 Å². The fourth-order valence-electron chi connectivity index (χ4n) is 3.36. The molecule has 0 amide bonds. The Morgan fingerprint density at radius 2 is 1.76 bits per heavy atom. The predicted molar refractivity (Wildman–Crippen MR) is 102 cm³/mol. The van der Waals surface area contributed by atoms with E-state index in [1.165, 1.54) is 6.07 Å². The van der Waals surface area contributed by atoms with Gasteiger partial charge in [-0.1, -0.05) is 30.3 Å². The summed E-state index contributed by atoms with van der Waals surface area (Å²) in [6.45, 7) is 3.29. The van der Waals surface area contributed by atoms with Gasteiger partial charge in [-0.25, -0.2) is 9.50 Å². The fraction of sp³-hybridized carbons (Fsp3) is 0.350. The average Bonchev–Trinajstić information content (AvgIpc) is 3.13. The number of fused-ring (bicyclic) bond motifs is 1. The highest BCUT2D eigenvalue weighted by Gasteiger charge is 2.35. The molecule has 3 heterocycles. The van der Waals surface area contributed by atoms with Crippen LogP contribution in [-0.2, 0) is 6.18 Å². The van der Waals surface area contributed by atoms with Crippen molar-refractivity contribution < 1.29 is 18.0 Å². The largest absolute Gasteiger partial charge is 0.433 e. The molecule has 1 aliphatic rings. The summed E-state index contributed by atoms with van der Waals surface area (Å²) in [7, 11) is 2.01. The van der Waals surface area contributed by atoms with Crippen LogP contribution in [0.25, 0.3) is 16.9 Å². The summed E-state index contributed by atoms with van der Waals surface area (Å²) in [5.41, 5.74) is -0.219. The second kappa shape index (κ2) is 7.57. The van der Waals surface area contributed by atoms with Gasteiger partial charge in [-0.05, 0) is 13.1 Å². The maximum atomic E-state index is 13.6. The highest BCUT2D eigenvalue weighted by molar-refractivity contribution is 5.96. The normalized spacial score (nSPS) is 16.4. The van der Waals surface area contributed by atoms with Crippen molar-refractivity contribution in [1.82, 2.24) is 24.4 Å². The monoisotopic (exact) mass is 403 g/mol. The maximum absolute atomic E-state index is 13.6. The van der Waals surface area contributed by atoms with E-state index in [0.717, 1.165) is 32.2 Å². The quantitative estimate of drug-likeness (QED) is 0.627. The number of carbonyl (C=O) groups excluding carboxylic acids is 1. The average molecular weight is 403 g/mol. The lowest BCUT2D eigenvalue weighted by Crippen LogP contribution is -2.46. The van der Waals surface area contributed by atoms with E-state index in [1.807, 2.05) is 11.9 Å². The van der Waals surface area contributed by atoms with Gasteiger partial charge >= 0.3 is 6.18 Å². The van der Waals surface area contributed by atoms with E-state index in [-0.39, 0.29) is 29.4 Å². The lowest BCUT2D eigenvalue weighted by Gasteiger charge is -2.31. The number of carbonyl (C=O) groups is 1. The Labute approximate surface area is 165 Å². The van der Waals surface area contributed by atoms with Crippen molar-refractivity contribution in [3.63, 3.8) is 0 Å². The molecule has 29 heavy (non-hydrogen) atoms. The molecule has 2 aromatic heterocycles. The van der Waals surface area contributed by atoms with Crippen LogP contribution >= 0.6 is 0 Å². The zero-order valence-corrected chi connectivity index (χ0v) is 15.9. The summed E-state index contributed by atoms with van der Waals surface area (Å²) in [5.74, 6) is -0.311. The first-order valence-electron chi connectivity index (χ1n) is 9.29. The molecule has 1 aliphatic heterocycles. The molecule has 6 nitrogen and oxygen atoms in total. The molecule has 0 atom stereocenters. The molecular weight excluding hydrogens is 383 g/mol. The van der Waals surface area contributed by atoms with Crippen LogP contribution in [0.5, 0.6) is 0 Å². The highest BCUT2D eigenvalue weighted by atomic mass is 19.4. The third-order valence-corrected chi connectivity index (χ3v) is 5.04. The van der Waals surface area contributed by atoms with Crippen LogP contribution < -0.4 is 0 Å². The van der Waals surface area contributed by atoms with Gasteiger partial charge in [0.1, 0.15) is 5.69 Å². The Morgan fingerprint density at radius 3 is 2.41 bits per heavy atom. The lowest BCUT2D eigenvalue weighted by atomic mass is 10.1. The highest BCUT2D eigenvalue weighted by Crippen LogP contribution is 2.32. The van der Waals surface area contributed by atoms with Crippen molar-refractivity contribution in [3.05, 3.63) is 53.9 Å². The first-order valence-corrected chi connectivity index (χ1v) is 9.29. The Balaban J connectivity index is 1.69. The number of alkyl halides is 3. The number of aromatic nitrogens is 3. The first-order chi connectivity index (χ1) is 13.8. The predicted octanol–water partition coefficient (Wildman–Crippen LogP) is 2.85. The van der Waals surface area contributed by atoms with Crippen molar-refractivity contribution in [2.75, 3.05) is 39.8 Å². The Kier molecular flexibility index (Phi) is 5.10. The SMILES string of the molecule is CN1CCN(CC(=O)c2cc3nc(-c4ccccc4)cc(C(F)(F)F)n3n2)CC1. The number of benzene rings is 1. The lowest BCUT2D eigenvalue weighted by molar-refractivity contribution is -0.142. The van der Waals surface area contributed by atoms with E-state index in [1.54, 1.807) is 30.3 Å². The van der Waals surface area contributed by atoms with Crippen LogP contribution in [0.3, 0.4) is 0 Å². The molecule has 0 spiro atoms. The summed E-state index contributed by atoms with van der Waals surface area (Å²) in [4.78, 5) is 21.1. The van der Waals surface area contributed by atoms with Crippen LogP contribution in [0.2, 0.25) is 0 Å². The number of hydrogen-bond acceptors (Lipinski definition) is 5. The van der Waals surface area contributed by atoms with Crippen molar-refractivity contribution in [2.24, 2.45) is 0 Å². The van der Waals surface area contributed by atoms with E-state index >= 15 is 0 Å². The van der Waals surface area contributed by atoms with Crippen LogP contribution in [0.4, 0.5) is 13.2 Å². The number of Topliss-reactive ketones (excluding diaryl/α,β-unsaturated/α-hetero) is 1. The van der Waals surface area contributed by atoms with Gasteiger partial charge in [0.2, 0.25) is 0 Å². The summed E-state index contributed by atoms with van der Waals surface area (Å²) < 4.78 is 41.7. The first kappa shape index (κ1) is 19.5. The Hall–Kier alpha value is -2.78. The van der Waals surface area contributed by atoms with Crippen LogP contribution in [-0.4, -0.2) is 70.0 Å². The molecule has 3 aromatic rings. The standard InChI is InChI=1S/C20H20F3N5O/c1-26-7-9-27(10-8-26)13-17(29)16-12-19-24-15(14-5-3-2-4-6-14)11-18(20(21,22)23)28(19)25-16/h2-6,11-12H,7-10,13H2,1H3. The minimum atomic E-state index is -4.63. The van der Waals surface area contributed by atoms with Crippen molar-refractivity contribution in [1.29, 1.82) is 0 Å². The number of nitrogens with zero attached hydrogens (tertiary/aromatic N) is 5. The number of rotatable bonds is 4. The zero-order valence-electron chi connectivity index (χ0n) is 15.9. The van der Waals surface area contributed by atoms with E-state index in [9.17, 15) is 18.0 Å². The topological polar surface area (TPSA) is 53.7 Å². The molecule has 0 bridgehead atoms. The summed E-state index contributed by atoms with van der Waals surface area (Å²) in [5, 5.41) is 3.94. The Morgan fingerprint density at radius 1 is 1.07 bits per heavy atom. The third-order valence-electron chi connectivity index (χ3n) is 5.04. The molecule has 1 saturated heterocycles. The molecule has 0 unspecified atom stereocenters. The number of piperazine rings is 1. The second-order valence-corrected chi connectivity index (χ2v) is 7.19. The van der Waals surface area contributed by atoms with Gasteiger partial charge in [-0.3, -0.25) is 9.69 Å². The number of likely N-dealkylation sites (N-methyl/N-ethyl adjacent to an activating group) is 1. The molecule has 0 saturated carbocycles. The minimum Gasteiger partial charge on any atom is -0.304 e. The molecule has 0 aliphatic carbocycles. The molecule has 1 fully saturated rings. The van der Waals surface area contributed by atoms with Crippen LogP contribution in [0, 0.1) is 0 Å². The van der Waals surface area contributed by atoms with Gasteiger partial charge in [0.05, 0.1) is 12.2 Å². The molecular formula is C20H20F3N5O. The van der Waals surface area contributed by atoms with E-state index < -0.39 is 11.9 Å². The van der Waals surface area contributed by atoms with E-state index in [4.69, 9.17) is 0 Å². The molecule has 4 rings (SSSR count). The zero-order chi connectivity index (χ0) is 20.6. The van der Waals surface area contributed by atoms with E-state index in [2.05, 4.69) is 15.0 Å². The van der Waals surface area contributed by atoms with Crippen molar-refractivity contribution in [3.8, 4) is 11.3 Å². The smallest absolute Gasteiger partial charge is 0.304 e. The van der Waals surface area contributed by atoms with E-state index in [0.29, 0.717) is 10.1 Å². The molecule has 1 aromatic carbocycles. The van der Waals surface area contributed by atoms with Crippen LogP contribution in [0.15, 0.2) is 42.5 Å². The molecule has 152 valence electrons. The van der Waals surface area contributed by atoms with Crippen molar-refractivity contribution in [2.45, 2.75) is 6.18 Å². The van der Waals surface area contributed by atoms with Gasteiger partial charge in [-0.15, -0.1) is 0 Å². The number of hydrogen-bond donors (Lipinski definition) is 0. The van der Waals surface area contributed by atoms with Crippen molar-refractivity contribution >= 4 is 11.4 Å². The Bertz CT molecular complexity index is 1020. The molecule has 0 radical (unpaired) electrons. The molecule has 0 N–H and O–H groups in total. The van der Waals surface area contributed by atoms with Gasteiger partial charge in [0.25, 0.3) is 0 Å². The number of ketones is 1. The summed E-state index contributed by atoms with van der Waals surface area (Å²) >= 11 is 0. The summed E-state index contributed by atoms with van der Waals surface area (Å²) in [6.07, 6.45) is -4.63.